The van der Waals surface area contributed by atoms with Gasteiger partial charge in [-0.05, 0) is 108 Å². The maximum absolute atomic E-state index is 13.4. The van der Waals surface area contributed by atoms with Crippen molar-refractivity contribution in [1.29, 1.82) is 0 Å². The highest BCUT2D eigenvalue weighted by Gasteiger charge is 2.45. The summed E-state index contributed by atoms with van der Waals surface area (Å²) < 4.78 is 36.0. The number of hydrogen-bond donors (Lipinski definition) is 1. The zero-order valence-electron chi connectivity index (χ0n) is 38.4. The molecular formula is C56H63N2O5S+. The van der Waals surface area contributed by atoms with Gasteiger partial charge >= 0.3 is 0 Å². The first-order chi connectivity index (χ1) is 30.5. The van der Waals surface area contributed by atoms with Crippen LogP contribution in [0.1, 0.15) is 120 Å². The number of allylic oxidation sites excluding steroid dienone is 7. The van der Waals surface area contributed by atoms with Crippen LogP contribution in [0, 0.1) is 0 Å². The maximum Gasteiger partial charge on any atom is 0.264 e. The van der Waals surface area contributed by atoms with Gasteiger partial charge in [-0.2, -0.15) is 13.0 Å². The van der Waals surface area contributed by atoms with E-state index in [1.807, 2.05) is 30.3 Å². The minimum atomic E-state index is -4.14. The minimum Gasteiger partial charge on any atom is -0.344 e. The van der Waals surface area contributed by atoms with Crippen molar-refractivity contribution in [2.75, 3.05) is 23.7 Å². The zero-order chi connectivity index (χ0) is 45.8. The third-order valence-electron chi connectivity index (χ3n) is 13.2. The molecule has 2 aliphatic rings. The van der Waals surface area contributed by atoms with Crippen LogP contribution in [0.2, 0.25) is 0 Å². The molecule has 7 nitrogen and oxygen atoms in total. The first-order valence-corrected chi connectivity index (χ1v) is 24.5. The number of carbonyl (C=O) groups excluding carboxylic acids is 2. The van der Waals surface area contributed by atoms with Crippen LogP contribution in [0.25, 0.3) is 27.1 Å². The van der Waals surface area contributed by atoms with Crippen molar-refractivity contribution in [1.82, 2.24) is 0 Å². The number of benzene rings is 5. The van der Waals surface area contributed by atoms with E-state index in [1.165, 1.54) is 33.3 Å². The highest BCUT2D eigenvalue weighted by atomic mass is 32.2. The lowest BCUT2D eigenvalue weighted by atomic mass is 9.79. The fraction of sp³-hybridized carbons (Fsp3) is 0.339. The molecule has 0 spiro atoms. The van der Waals surface area contributed by atoms with Crippen molar-refractivity contribution in [3.8, 4) is 0 Å². The van der Waals surface area contributed by atoms with Crippen molar-refractivity contribution in [2.24, 2.45) is 0 Å². The van der Waals surface area contributed by atoms with Crippen LogP contribution in [0.4, 0.5) is 11.4 Å². The molecule has 2 aliphatic heterocycles. The minimum absolute atomic E-state index is 0.0800. The molecule has 0 saturated carbocycles. The van der Waals surface area contributed by atoms with E-state index in [-0.39, 0.29) is 29.2 Å². The van der Waals surface area contributed by atoms with Crippen LogP contribution in [-0.2, 0) is 25.7 Å². The van der Waals surface area contributed by atoms with Crippen LogP contribution in [0.5, 0.6) is 0 Å². The zero-order valence-corrected chi connectivity index (χ0v) is 39.2. The average Bonchev–Trinajstić information content (AvgIpc) is 3.62. The van der Waals surface area contributed by atoms with Crippen molar-refractivity contribution in [2.45, 2.75) is 104 Å². The maximum atomic E-state index is 13.4. The quantitative estimate of drug-likeness (QED) is 0.0222. The van der Waals surface area contributed by atoms with Gasteiger partial charge in [0.15, 0.2) is 17.3 Å². The van der Waals surface area contributed by atoms with Gasteiger partial charge in [0, 0.05) is 65.9 Å². The Kier molecular flexibility index (Phi) is 13.9. The number of unbranched alkanes of at least 4 members (excludes halogenated alkanes) is 3. The summed E-state index contributed by atoms with van der Waals surface area (Å²) in [5.74, 6) is -0.167. The lowest BCUT2D eigenvalue weighted by Gasteiger charge is -2.27. The topological polar surface area (TPSA) is 94.8 Å². The summed E-state index contributed by atoms with van der Waals surface area (Å²) in [7, 11) is -4.14. The molecule has 0 atom stereocenters. The lowest BCUT2D eigenvalue weighted by Crippen LogP contribution is -2.28. The largest absolute Gasteiger partial charge is 0.344 e. The van der Waals surface area contributed by atoms with Crippen molar-refractivity contribution in [3.05, 3.63) is 161 Å². The Morgan fingerprint density at radius 3 is 2.03 bits per heavy atom. The number of rotatable bonds is 19. The molecule has 8 heteroatoms. The van der Waals surface area contributed by atoms with Crippen LogP contribution >= 0.6 is 0 Å². The molecule has 0 amide bonds. The van der Waals surface area contributed by atoms with Gasteiger partial charge in [-0.25, -0.2) is 0 Å². The molecular weight excluding hydrogens is 813 g/mol. The summed E-state index contributed by atoms with van der Waals surface area (Å²) in [6, 6.07) is 33.6. The Morgan fingerprint density at radius 1 is 0.750 bits per heavy atom. The van der Waals surface area contributed by atoms with Gasteiger partial charge in [-0.1, -0.05) is 125 Å². The summed E-state index contributed by atoms with van der Waals surface area (Å²) in [4.78, 5) is 27.6. The van der Waals surface area contributed by atoms with Crippen LogP contribution < -0.4 is 4.90 Å². The monoisotopic (exact) mass is 875 g/mol. The second kappa shape index (κ2) is 19.2. The third kappa shape index (κ3) is 9.69. The molecule has 1 N–H and O–H groups in total. The van der Waals surface area contributed by atoms with Crippen LogP contribution in [0.3, 0.4) is 0 Å². The molecule has 0 unspecified atom stereocenters. The Bertz CT molecular complexity index is 2860. The SMILES string of the molecule is C=C(C)C(=O)CCCCCC(=O)c1ccc(C(=C\C=C2/N(CCCS(=O)(=O)O)c3ccc4ccccc4c3C2(C)C)/C=C/C2=[N+](CCCC)c3ccc4ccccc4c3C2(C)C)cc1. The predicted octanol–water partition coefficient (Wildman–Crippen LogP) is 13.0. The summed E-state index contributed by atoms with van der Waals surface area (Å²) in [5, 5.41) is 4.78. The molecule has 2 heterocycles. The molecule has 0 aromatic heterocycles. The predicted molar refractivity (Wildman–Crippen MR) is 266 cm³/mol. The van der Waals surface area contributed by atoms with Gasteiger partial charge in [0.05, 0.1) is 11.2 Å². The summed E-state index contributed by atoms with van der Waals surface area (Å²) in [6.07, 6.45) is 14.3. The molecule has 0 radical (unpaired) electrons. The highest BCUT2D eigenvalue weighted by molar-refractivity contribution is 7.85. The van der Waals surface area contributed by atoms with E-state index >= 15 is 0 Å². The number of anilines is 1. The van der Waals surface area contributed by atoms with E-state index in [9.17, 15) is 22.6 Å². The van der Waals surface area contributed by atoms with Crippen molar-refractivity contribution in [3.63, 3.8) is 0 Å². The fourth-order valence-electron chi connectivity index (χ4n) is 9.81. The first-order valence-electron chi connectivity index (χ1n) is 22.9. The van der Waals surface area contributed by atoms with Crippen LogP contribution in [0.15, 0.2) is 139 Å². The fourth-order valence-corrected chi connectivity index (χ4v) is 10.3. The second-order valence-corrected chi connectivity index (χ2v) is 20.1. The number of nitrogens with zero attached hydrogens (tertiary/aromatic N) is 2. The number of ketones is 2. The first kappa shape index (κ1) is 46.3. The summed E-state index contributed by atoms with van der Waals surface area (Å²) in [6.45, 7) is 18.1. The summed E-state index contributed by atoms with van der Waals surface area (Å²) >= 11 is 0. The standard InChI is InChI=1S/C56H62N2O5S/c1-8-9-36-57-47-32-28-42-18-13-15-20-45(42)53(47)55(4,5)51(57)34-30-41(40-24-26-44(27-25-40)50(60)23-12-10-11-22-49(59)39(2)3)31-35-52-56(6,7)54-46-21-16-14-19-43(46)29-33-48(54)58(52)37-17-38-64(61,62)63/h13-16,18-21,24-35H,2,8-12,17,22-23,36-38H2,1,3-7H3/p+1. The number of Topliss-reactive ketones (excluding diaryl/α,β-unsaturated/α-hetero) is 2. The smallest absolute Gasteiger partial charge is 0.264 e. The van der Waals surface area contributed by atoms with Gasteiger partial charge in [0.2, 0.25) is 5.69 Å². The number of fused-ring (bicyclic) bond motifs is 6. The molecule has 5 aromatic rings. The van der Waals surface area contributed by atoms with E-state index in [4.69, 9.17) is 0 Å². The molecule has 5 aromatic carbocycles. The highest BCUT2D eigenvalue weighted by Crippen LogP contribution is 2.51. The van der Waals surface area contributed by atoms with Crippen molar-refractivity contribution >= 4 is 65.9 Å². The molecule has 64 heavy (non-hydrogen) atoms. The van der Waals surface area contributed by atoms with E-state index in [2.05, 4.69) is 142 Å². The molecule has 0 saturated heterocycles. The van der Waals surface area contributed by atoms with E-state index in [1.54, 1.807) is 6.92 Å². The molecule has 0 fully saturated rings. The Balaban J connectivity index is 1.30. The Hall–Kier alpha value is -5.70. The van der Waals surface area contributed by atoms with E-state index in [0.717, 1.165) is 71.9 Å². The van der Waals surface area contributed by atoms with Gasteiger partial charge < -0.3 is 4.90 Å². The lowest BCUT2D eigenvalue weighted by molar-refractivity contribution is -0.438. The third-order valence-corrected chi connectivity index (χ3v) is 14.0. The average molecular weight is 876 g/mol. The number of carbonyl (C=O) groups is 2. The van der Waals surface area contributed by atoms with E-state index < -0.39 is 15.5 Å². The van der Waals surface area contributed by atoms with Gasteiger partial charge in [0.25, 0.3) is 10.1 Å². The Labute approximate surface area is 380 Å². The molecule has 7 rings (SSSR count). The Morgan fingerprint density at radius 2 is 1.38 bits per heavy atom. The van der Waals surface area contributed by atoms with Crippen LogP contribution in [-0.4, -0.2) is 53.7 Å². The van der Waals surface area contributed by atoms with Crippen molar-refractivity contribution < 1.29 is 27.1 Å². The molecule has 0 bridgehead atoms. The normalized spacial score (nSPS) is 16.3. The van der Waals surface area contributed by atoms with Gasteiger partial charge in [0.1, 0.15) is 6.54 Å². The molecule has 0 aliphatic carbocycles. The summed E-state index contributed by atoms with van der Waals surface area (Å²) in [5.41, 5.74) is 9.43. The second-order valence-electron chi connectivity index (χ2n) is 18.6. The number of hydrogen-bond acceptors (Lipinski definition) is 5. The van der Waals surface area contributed by atoms with Gasteiger partial charge in [-0.3, -0.25) is 14.1 Å². The van der Waals surface area contributed by atoms with Gasteiger partial charge in [-0.15, -0.1) is 0 Å². The molecule has 332 valence electrons. The van der Waals surface area contributed by atoms with E-state index in [0.29, 0.717) is 30.5 Å².